The molecule has 82 valence electrons. The number of Topliss-reactive ketones (excluding diaryl/α,β-unsaturated/α-hetero) is 1. The summed E-state index contributed by atoms with van der Waals surface area (Å²) in [4.78, 5) is 13.7. The lowest BCUT2D eigenvalue weighted by Crippen LogP contribution is -1.98. The van der Waals surface area contributed by atoms with Gasteiger partial charge in [0.05, 0.1) is 10.6 Å². The molecule has 0 N–H and O–H groups in total. The Morgan fingerprint density at radius 3 is 2.62 bits per heavy atom. The minimum atomic E-state index is 0.209. The van der Waals surface area contributed by atoms with Crippen LogP contribution >= 0.6 is 23.1 Å². The van der Waals surface area contributed by atoms with E-state index in [2.05, 4.69) is 31.2 Å². The lowest BCUT2D eigenvalue weighted by atomic mass is 10.2. The number of aryl methyl sites for hydroxylation is 1. The first-order chi connectivity index (χ1) is 7.75. The number of rotatable bonds is 4. The smallest absolute Gasteiger partial charge is 0.182 e. The van der Waals surface area contributed by atoms with Crippen molar-refractivity contribution >= 4 is 28.9 Å². The quantitative estimate of drug-likeness (QED) is 0.600. The maximum absolute atomic E-state index is 11.7. The Hall–Kier alpha value is -1.06. The van der Waals surface area contributed by atoms with Gasteiger partial charge in [-0.25, -0.2) is 0 Å². The van der Waals surface area contributed by atoms with Gasteiger partial charge in [0.15, 0.2) is 5.78 Å². The van der Waals surface area contributed by atoms with Crippen LogP contribution in [0, 0.1) is 6.92 Å². The Kier molecular flexibility index (Phi) is 3.80. The fraction of sp³-hybridized carbons (Fsp3) is 0.154. The van der Waals surface area contributed by atoms with Gasteiger partial charge in [0, 0.05) is 4.90 Å². The number of hydrogen-bond donors (Lipinski definition) is 0. The van der Waals surface area contributed by atoms with E-state index in [1.807, 2.05) is 17.5 Å². The molecule has 0 fully saturated rings. The summed E-state index contributed by atoms with van der Waals surface area (Å²) in [5.74, 6) is 0.726. The van der Waals surface area contributed by atoms with Crippen molar-refractivity contribution in [2.75, 3.05) is 5.75 Å². The summed E-state index contributed by atoms with van der Waals surface area (Å²) in [6.07, 6.45) is 0. The molecule has 16 heavy (non-hydrogen) atoms. The molecule has 0 radical (unpaired) electrons. The molecule has 3 heteroatoms. The number of carbonyl (C=O) groups excluding carboxylic acids is 1. The summed E-state index contributed by atoms with van der Waals surface area (Å²) in [6.45, 7) is 2.06. The lowest BCUT2D eigenvalue weighted by Gasteiger charge is -2.00. The summed E-state index contributed by atoms with van der Waals surface area (Å²) < 4.78 is 0. The van der Waals surface area contributed by atoms with E-state index in [9.17, 15) is 4.79 Å². The lowest BCUT2D eigenvalue weighted by molar-refractivity contribution is 0.102. The third-order valence-corrected chi connectivity index (χ3v) is 4.11. The number of carbonyl (C=O) groups is 1. The predicted molar refractivity (Wildman–Crippen MR) is 70.6 cm³/mol. The third-order valence-electron chi connectivity index (χ3n) is 2.19. The van der Waals surface area contributed by atoms with Gasteiger partial charge in [-0.2, -0.15) is 0 Å². The number of ketones is 1. The predicted octanol–water partition coefficient (Wildman–Crippen LogP) is 4.03. The molecule has 1 aromatic carbocycles. The molecule has 0 aliphatic heterocycles. The van der Waals surface area contributed by atoms with Crippen LogP contribution in [0.5, 0.6) is 0 Å². The Morgan fingerprint density at radius 1 is 1.25 bits per heavy atom. The summed E-state index contributed by atoms with van der Waals surface area (Å²) >= 11 is 3.10. The summed E-state index contributed by atoms with van der Waals surface area (Å²) in [5, 5.41) is 1.93. The second-order valence-corrected chi connectivity index (χ2v) is 5.50. The van der Waals surface area contributed by atoms with Crippen molar-refractivity contribution in [1.29, 1.82) is 0 Å². The van der Waals surface area contributed by atoms with Crippen LogP contribution in [0.25, 0.3) is 0 Å². The molecule has 1 aromatic heterocycles. The van der Waals surface area contributed by atoms with Gasteiger partial charge in [0.2, 0.25) is 0 Å². The van der Waals surface area contributed by atoms with Gasteiger partial charge in [-0.1, -0.05) is 23.8 Å². The van der Waals surface area contributed by atoms with Crippen molar-refractivity contribution in [2.24, 2.45) is 0 Å². The molecular formula is C13H12OS2. The number of hydrogen-bond acceptors (Lipinski definition) is 3. The van der Waals surface area contributed by atoms with E-state index in [1.54, 1.807) is 11.8 Å². The SMILES string of the molecule is Cc1ccc(SCC(=O)c2cccs2)cc1. The first-order valence-corrected chi connectivity index (χ1v) is 6.88. The highest BCUT2D eigenvalue weighted by atomic mass is 32.2. The van der Waals surface area contributed by atoms with Crippen LogP contribution in [0.1, 0.15) is 15.2 Å². The Bertz CT molecular complexity index is 457. The van der Waals surface area contributed by atoms with Crippen molar-refractivity contribution in [1.82, 2.24) is 0 Å². The monoisotopic (exact) mass is 248 g/mol. The fourth-order valence-electron chi connectivity index (χ4n) is 1.29. The minimum Gasteiger partial charge on any atom is -0.292 e. The fourth-order valence-corrected chi connectivity index (χ4v) is 2.83. The van der Waals surface area contributed by atoms with E-state index >= 15 is 0 Å². The average molecular weight is 248 g/mol. The molecule has 2 aromatic rings. The summed E-state index contributed by atoms with van der Waals surface area (Å²) in [7, 11) is 0. The molecule has 0 bridgehead atoms. The zero-order valence-electron chi connectivity index (χ0n) is 8.97. The van der Waals surface area contributed by atoms with Gasteiger partial charge < -0.3 is 0 Å². The molecule has 0 unspecified atom stereocenters. The molecule has 0 saturated carbocycles. The van der Waals surface area contributed by atoms with Crippen LogP contribution in [0.4, 0.5) is 0 Å². The van der Waals surface area contributed by atoms with Gasteiger partial charge in [-0.15, -0.1) is 23.1 Å². The zero-order chi connectivity index (χ0) is 11.4. The molecule has 0 spiro atoms. The first kappa shape index (κ1) is 11.4. The van der Waals surface area contributed by atoms with Crippen molar-refractivity contribution in [2.45, 2.75) is 11.8 Å². The van der Waals surface area contributed by atoms with Crippen LogP contribution < -0.4 is 0 Å². The highest BCUT2D eigenvalue weighted by Crippen LogP contribution is 2.20. The van der Waals surface area contributed by atoms with Crippen molar-refractivity contribution in [3.8, 4) is 0 Å². The van der Waals surface area contributed by atoms with Crippen molar-refractivity contribution in [3.63, 3.8) is 0 Å². The molecule has 0 amide bonds. The maximum Gasteiger partial charge on any atom is 0.182 e. The zero-order valence-corrected chi connectivity index (χ0v) is 10.6. The molecule has 0 saturated heterocycles. The topological polar surface area (TPSA) is 17.1 Å². The first-order valence-electron chi connectivity index (χ1n) is 5.02. The van der Waals surface area contributed by atoms with E-state index in [-0.39, 0.29) is 5.78 Å². The Balaban J connectivity index is 1.93. The highest BCUT2D eigenvalue weighted by Gasteiger charge is 2.06. The largest absolute Gasteiger partial charge is 0.292 e. The third kappa shape index (κ3) is 2.97. The van der Waals surface area contributed by atoms with E-state index in [4.69, 9.17) is 0 Å². The number of thiophene rings is 1. The van der Waals surface area contributed by atoms with E-state index in [0.717, 1.165) is 9.77 Å². The van der Waals surface area contributed by atoms with Gasteiger partial charge in [-0.05, 0) is 30.5 Å². The molecular weight excluding hydrogens is 236 g/mol. The summed E-state index contributed by atoms with van der Waals surface area (Å²) in [5.41, 5.74) is 1.24. The molecule has 0 aliphatic rings. The molecule has 0 atom stereocenters. The normalized spacial score (nSPS) is 10.3. The van der Waals surface area contributed by atoms with Gasteiger partial charge in [0.25, 0.3) is 0 Å². The van der Waals surface area contributed by atoms with E-state index in [0.29, 0.717) is 5.75 Å². The highest BCUT2D eigenvalue weighted by molar-refractivity contribution is 8.00. The molecule has 0 aliphatic carbocycles. The standard InChI is InChI=1S/C13H12OS2/c1-10-4-6-11(7-5-10)16-9-12(14)13-3-2-8-15-13/h2-8H,9H2,1H3. The molecule has 1 nitrogen and oxygen atoms in total. The van der Waals surface area contributed by atoms with Crippen LogP contribution in [0.2, 0.25) is 0 Å². The minimum absolute atomic E-state index is 0.209. The Labute approximate surface area is 104 Å². The van der Waals surface area contributed by atoms with Crippen LogP contribution in [0.3, 0.4) is 0 Å². The van der Waals surface area contributed by atoms with Crippen molar-refractivity contribution < 1.29 is 4.79 Å². The van der Waals surface area contributed by atoms with Crippen molar-refractivity contribution in [3.05, 3.63) is 52.2 Å². The second kappa shape index (κ2) is 5.32. The molecule has 2 rings (SSSR count). The number of thioether (sulfide) groups is 1. The average Bonchev–Trinajstić information content (AvgIpc) is 2.81. The molecule has 1 heterocycles. The maximum atomic E-state index is 11.7. The van der Waals surface area contributed by atoms with Crippen LogP contribution in [-0.2, 0) is 0 Å². The van der Waals surface area contributed by atoms with Gasteiger partial charge in [-0.3, -0.25) is 4.79 Å². The van der Waals surface area contributed by atoms with E-state index in [1.165, 1.54) is 16.9 Å². The van der Waals surface area contributed by atoms with Crippen LogP contribution in [-0.4, -0.2) is 11.5 Å². The summed E-state index contributed by atoms with van der Waals surface area (Å²) in [6, 6.07) is 12.0. The number of benzene rings is 1. The van der Waals surface area contributed by atoms with Gasteiger partial charge in [0.1, 0.15) is 0 Å². The van der Waals surface area contributed by atoms with E-state index < -0.39 is 0 Å². The second-order valence-electron chi connectivity index (χ2n) is 3.50. The van der Waals surface area contributed by atoms with Crippen LogP contribution in [0.15, 0.2) is 46.7 Å². The van der Waals surface area contributed by atoms with Gasteiger partial charge >= 0.3 is 0 Å². The Morgan fingerprint density at radius 2 is 2.00 bits per heavy atom.